The Bertz CT molecular complexity index is 319. The van der Waals surface area contributed by atoms with Crippen LogP contribution in [0.5, 0.6) is 0 Å². The zero-order valence-electron chi connectivity index (χ0n) is 11.9. The molecular formula is C14H25NO4. The van der Waals surface area contributed by atoms with Gasteiger partial charge in [0.15, 0.2) is 0 Å². The van der Waals surface area contributed by atoms with Crippen LogP contribution in [0, 0.1) is 5.92 Å². The van der Waals surface area contributed by atoms with Gasteiger partial charge in [0.2, 0.25) is 5.91 Å². The van der Waals surface area contributed by atoms with Crippen molar-refractivity contribution in [1.82, 2.24) is 5.32 Å². The summed E-state index contributed by atoms with van der Waals surface area (Å²) in [5.74, 6) is -1.17. The van der Waals surface area contributed by atoms with Gasteiger partial charge in [-0.3, -0.25) is 4.79 Å². The molecule has 110 valence electrons. The molecule has 0 aliphatic heterocycles. The van der Waals surface area contributed by atoms with E-state index >= 15 is 0 Å². The third-order valence-corrected chi connectivity index (χ3v) is 3.87. The molecule has 0 heterocycles. The maximum absolute atomic E-state index is 11.9. The fourth-order valence-electron chi connectivity index (χ4n) is 2.63. The van der Waals surface area contributed by atoms with Crippen molar-refractivity contribution < 1.29 is 19.4 Å². The molecule has 1 fully saturated rings. The Kier molecular flexibility index (Phi) is 6.28. The van der Waals surface area contributed by atoms with Crippen LogP contribution in [0.15, 0.2) is 0 Å². The highest BCUT2D eigenvalue weighted by Gasteiger charge is 2.46. The molecule has 0 aromatic carbocycles. The highest BCUT2D eigenvalue weighted by Crippen LogP contribution is 2.34. The van der Waals surface area contributed by atoms with Crippen molar-refractivity contribution >= 4 is 11.9 Å². The Morgan fingerprint density at radius 1 is 1.37 bits per heavy atom. The number of hydrogen-bond donors (Lipinski definition) is 2. The quantitative estimate of drug-likeness (QED) is 0.694. The molecule has 1 rings (SSSR count). The predicted molar refractivity (Wildman–Crippen MR) is 71.9 cm³/mol. The number of nitrogens with one attached hydrogen (secondary N) is 1. The van der Waals surface area contributed by atoms with Crippen molar-refractivity contribution in [3.05, 3.63) is 0 Å². The minimum atomic E-state index is -1.08. The van der Waals surface area contributed by atoms with Crippen LogP contribution >= 0.6 is 0 Å². The molecule has 2 atom stereocenters. The lowest BCUT2D eigenvalue weighted by atomic mass is 9.73. The van der Waals surface area contributed by atoms with Gasteiger partial charge in [-0.05, 0) is 25.2 Å². The van der Waals surface area contributed by atoms with Crippen LogP contribution in [-0.2, 0) is 14.3 Å². The molecule has 19 heavy (non-hydrogen) atoms. The van der Waals surface area contributed by atoms with Gasteiger partial charge in [0, 0.05) is 13.0 Å². The number of hydrogen-bond acceptors (Lipinski definition) is 3. The van der Waals surface area contributed by atoms with Crippen LogP contribution in [0.2, 0.25) is 0 Å². The van der Waals surface area contributed by atoms with Gasteiger partial charge in [0.05, 0.1) is 6.61 Å². The summed E-state index contributed by atoms with van der Waals surface area (Å²) in [6, 6.07) is 0. The number of carboxylic acid groups (broad SMARTS) is 1. The molecule has 1 aliphatic rings. The zero-order chi connectivity index (χ0) is 14.3. The first-order valence-corrected chi connectivity index (χ1v) is 7.15. The fourth-order valence-corrected chi connectivity index (χ4v) is 2.63. The molecule has 1 amide bonds. The lowest BCUT2D eigenvalue weighted by Crippen LogP contribution is -2.60. The third-order valence-electron chi connectivity index (χ3n) is 3.87. The summed E-state index contributed by atoms with van der Waals surface area (Å²) in [6.45, 7) is 4.89. The van der Waals surface area contributed by atoms with Gasteiger partial charge in [-0.1, -0.05) is 26.7 Å². The first-order valence-electron chi connectivity index (χ1n) is 7.15. The summed E-state index contributed by atoms with van der Waals surface area (Å²) >= 11 is 0. The van der Waals surface area contributed by atoms with Crippen molar-refractivity contribution in [2.45, 2.75) is 57.9 Å². The van der Waals surface area contributed by atoms with E-state index in [9.17, 15) is 14.7 Å². The van der Waals surface area contributed by atoms with Crippen LogP contribution in [0.4, 0.5) is 0 Å². The summed E-state index contributed by atoms with van der Waals surface area (Å²) < 4.78 is 5.25. The van der Waals surface area contributed by atoms with E-state index in [4.69, 9.17) is 4.74 Å². The van der Waals surface area contributed by atoms with Crippen molar-refractivity contribution in [2.24, 2.45) is 5.92 Å². The standard InChI is InChI=1S/C14H25NO4/c1-3-9-19-10-7-12(16)15-14(13(17)18)8-5-4-6-11(14)2/h11H,3-10H2,1-2H3,(H,15,16)(H,17,18). The minimum absolute atomic E-state index is 0.0285. The Balaban J connectivity index is 2.53. The third kappa shape index (κ3) is 4.20. The molecule has 1 aliphatic carbocycles. The van der Waals surface area contributed by atoms with E-state index in [1.807, 2.05) is 13.8 Å². The molecule has 0 aromatic rings. The molecule has 0 radical (unpaired) electrons. The average Bonchev–Trinajstić information content (AvgIpc) is 2.37. The van der Waals surface area contributed by atoms with Gasteiger partial charge < -0.3 is 15.2 Å². The van der Waals surface area contributed by atoms with Gasteiger partial charge in [0.25, 0.3) is 0 Å². The number of ether oxygens (including phenoxy) is 1. The maximum Gasteiger partial charge on any atom is 0.329 e. The second kappa shape index (κ2) is 7.48. The van der Waals surface area contributed by atoms with Crippen molar-refractivity contribution in [3.63, 3.8) is 0 Å². The average molecular weight is 271 g/mol. The van der Waals surface area contributed by atoms with E-state index < -0.39 is 11.5 Å². The van der Waals surface area contributed by atoms with Crippen LogP contribution in [0.25, 0.3) is 0 Å². The molecule has 0 bridgehead atoms. The van der Waals surface area contributed by atoms with E-state index in [1.165, 1.54) is 0 Å². The molecule has 2 N–H and O–H groups in total. The predicted octanol–water partition coefficient (Wildman–Crippen LogP) is 1.95. The van der Waals surface area contributed by atoms with Crippen molar-refractivity contribution in [1.29, 1.82) is 0 Å². The van der Waals surface area contributed by atoms with E-state index in [1.54, 1.807) is 0 Å². The number of carbonyl (C=O) groups excluding carboxylic acids is 1. The lowest BCUT2D eigenvalue weighted by molar-refractivity contribution is -0.152. The van der Waals surface area contributed by atoms with Gasteiger partial charge in [-0.15, -0.1) is 0 Å². The SMILES string of the molecule is CCCOCCC(=O)NC1(C(=O)O)CCCCC1C. The van der Waals surface area contributed by atoms with E-state index in [0.717, 1.165) is 25.7 Å². The molecule has 0 spiro atoms. The first-order chi connectivity index (χ1) is 9.03. The van der Waals surface area contributed by atoms with Crippen LogP contribution < -0.4 is 5.32 Å². The summed E-state index contributed by atoms with van der Waals surface area (Å²) in [5, 5.41) is 12.2. The van der Waals surface area contributed by atoms with Crippen molar-refractivity contribution in [3.8, 4) is 0 Å². The van der Waals surface area contributed by atoms with Gasteiger partial charge in [-0.25, -0.2) is 4.79 Å². The van der Waals surface area contributed by atoms with Crippen LogP contribution in [0.3, 0.4) is 0 Å². The molecule has 5 heteroatoms. The number of carbonyl (C=O) groups is 2. The molecule has 2 unspecified atom stereocenters. The molecule has 0 saturated heterocycles. The van der Waals surface area contributed by atoms with Gasteiger partial charge >= 0.3 is 5.97 Å². The number of rotatable bonds is 7. The first kappa shape index (κ1) is 16.0. The van der Waals surface area contributed by atoms with Crippen LogP contribution in [-0.4, -0.2) is 35.7 Å². The molecule has 0 aromatic heterocycles. The second-order valence-electron chi connectivity index (χ2n) is 5.33. The monoisotopic (exact) mass is 271 g/mol. The van der Waals surface area contributed by atoms with Crippen molar-refractivity contribution in [2.75, 3.05) is 13.2 Å². The second-order valence-corrected chi connectivity index (χ2v) is 5.33. The fraction of sp³-hybridized carbons (Fsp3) is 0.857. The summed E-state index contributed by atoms with van der Waals surface area (Å²) in [7, 11) is 0. The van der Waals surface area contributed by atoms with E-state index in [2.05, 4.69) is 5.32 Å². The highest BCUT2D eigenvalue weighted by atomic mass is 16.5. The maximum atomic E-state index is 11.9. The van der Waals surface area contributed by atoms with E-state index in [0.29, 0.717) is 19.6 Å². The zero-order valence-corrected chi connectivity index (χ0v) is 11.9. The molecule has 1 saturated carbocycles. The topological polar surface area (TPSA) is 75.6 Å². The Labute approximate surface area is 114 Å². The summed E-state index contributed by atoms with van der Waals surface area (Å²) in [5.41, 5.74) is -1.08. The highest BCUT2D eigenvalue weighted by molar-refractivity contribution is 5.87. The number of amides is 1. The Morgan fingerprint density at radius 2 is 2.11 bits per heavy atom. The van der Waals surface area contributed by atoms with E-state index in [-0.39, 0.29) is 18.2 Å². The number of aliphatic carboxylic acids is 1. The molecule has 5 nitrogen and oxygen atoms in total. The largest absolute Gasteiger partial charge is 0.479 e. The Hall–Kier alpha value is -1.10. The summed E-state index contributed by atoms with van der Waals surface area (Å²) in [4.78, 5) is 23.4. The smallest absolute Gasteiger partial charge is 0.329 e. The van der Waals surface area contributed by atoms with Crippen LogP contribution in [0.1, 0.15) is 52.4 Å². The normalized spacial score (nSPS) is 26.9. The molecular weight excluding hydrogens is 246 g/mol. The lowest BCUT2D eigenvalue weighted by Gasteiger charge is -2.39. The number of carboxylic acids is 1. The Morgan fingerprint density at radius 3 is 2.68 bits per heavy atom. The van der Waals surface area contributed by atoms with Gasteiger partial charge in [-0.2, -0.15) is 0 Å². The summed E-state index contributed by atoms with van der Waals surface area (Å²) in [6.07, 6.45) is 4.39. The van der Waals surface area contributed by atoms with Gasteiger partial charge in [0.1, 0.15) is 5.54 Å². The minimum Gasteiger partial charge on any atom is -0.479 e.